The molecule has 0 unspecified atom stereocenters. The zero-order valence-electron chi connectivity index (χ0n) is 45.0. The van der Waals surface area contributed by atoms with E-state index in [1.54, 1.807) is 24.3 Å². The van der Waals surface area contributed by atoms with Gasteiger partial charge in [0.05, 0.1) is 16.3 Å². The van der Waals surface area contributed by atoms with E-state index >= 15 is 4.39 Å². The zero-order chi connectivity index (χ0) is 57.7. The molecule has 0 radical (unpaired) electrons. The average molecular weight is 1190 g/mol. The first-order valence-corrected chi connectivity index (χ1v) is 31.2. The third-order valence-corrected chi connectivity index (χ3v) is 19.6. The highest BCUT2D eigenvalue weighted by Crippen LogP contribution is 2.43. The quantitative estimate of drug-likeness (QED) is 0.0528. The minimum atomic E-state index is -6.15. The van der Waals surface area contributed by atoms with Crippen molar-refractivity contribution in [1.82, 2.24) is 24.7 Å². The number of anilines is 3. The lowest BCUT2D eigenvalue weighted by atomic mass is 9.73. The van der Waals surface area contributed by atoms with E-state index in [1.165, 1.54) is 51.6 Å². The molecule has 0 aromatic heterocycles. The molecular weight excluding hydrogens is 1130 g/mol. The molecule has 0 spiro atoms. The van der Waals surface area contributed by atoms with Crippen LogP contribution in [0.5, 0.6) is 0 Å². The number of thioether (sulfide) groups is 1. The fourth-order valence-electron chi connectivity index (χ4n) is 10.8. The molecule has 432 valence electrons. The van der Waals surface area contributed by atoms with Gasteiger partial charge in [-0.05, 0) is 115 Å². The van der Waals surface area contributed by atoms with Crippen molar-refractivity contribution in [3.8, 4) is 0 Å². The Morgan fingerprint density at radius 1 is 0.778 bits per heavy atom. The Balaban J connectivity index is 0.837. The summed E-state index contributed by atoms with van der Waals surface area (Å²) >= 11 is 7.61. The van der Waals surface area contributed by atoms with Gasteiger partial charge in [-0.25, -0.2) is 30.7 Å². The number of piperazine rings is 2. The van der Waals surface area contributed by atoms with Gasteiger partial charge in [0, 0.05) is 123 Å². The molecule has 3 fully saturated rings. The highest BCUT2D eigenvalue weighted by atomic mass is 35.5. The summed E-state index contributed by atoms with van der Waals surface area (Å²) in [7, 11) is -11.1. The normalized spacial score (nSPS) is 18.4. The van der Waals surface area contributed by atoms with Gasteiger partial charge in [-0.15, -0.1) is 11.8 Å². The molecule has 4 aliphatic rings. The van der Waals surface area contributed by atoms with Crippen LogP contribution in [0.1, 0.15) is 67.4 Å². The minimum absolute atomic E-state index is 0.0341. The summed E-state index contributed by atoms with van der Waals surface area (Å²) in [5.74, 6) is -1.76. The average Bonchev–Trinajstić information content (AvgIpc) is 3.60. The minimum Gasteiger partial charge on any atom is -0.380 e. The first-order valence-electron chi connectivity index (χ1n) is 26.9. The molecule has 81 heavy (non-hydrogen) atoms. The van der Waals surface area contributed by atoms with Crippen molar-refractivity contribution in [1.29, 1.82) is 0 Å². The largest absolute Gasteiger partial charge is 0.501 e. The van der Waals surface area contributed by atoms with Crippen molar-refractivity contribution in [3.63, 3.8) is 0 Å². The maximum Gasteiger partial charge on any atom is 0.501 e. The van der Waals surface area contributed by atoms with Crippen LogP contribution in [0.2, 0.25) is 5.02 Å². The number of alkyl halides is 3. The second-order valence-corrected chi connectivity index (χ2v) is 26.8. The van der Waals surface area contributed by atoms with Gasteiger partial charge in [-0.2, -0.15) is 13.2 Å². The summed E-state index contributed by atoms with van der Waals surface area (Å²) in [5.41, 5.74) is -0.822. The molecule has 3 heterocycles. The number of urea groups is 1. The van der Waals surface area contributed by atoms with Gasteiger partial charge in [0.25, 0.3) is 25.8 Å². The lowest BCUT2D eigenvalue weighted by molar-refractivity contribution is -0.120. The number of rotatable bonds is 19. The molecule has 5 aromatic carbocycles. The highest BCUT2D eigenvalue weighted by molar-refractivity contribution is 7.99. The van der Waals surface area contributed by atoms with Crippen LogP contribution in [0, 0.1) is 11.2 Å². The summed E-state index contributed by atoms with van der Waals surface area (Å²) in [6.45, 7) is 11.4. The number of allylic oxidation sites excluding steroid dienone is 1. The maximum absolute atomic E-state index is 15.8. The number of nitrogens with one attached hydrogen (secondary N) is 3. The molecule has 3 aliphatic heterocycles. The predicted octanol–water partition coefficient (Wildman–Crippen LogP) is 9.90. The maximum atomic E-state index is 15.8. The molecular formula is C58H65ClF4N8O7S3. The van der Waals surface area contributed by atoms with Gasteiger partial charge < -0.3 is 15.1 Å². The first kappa shape index (κ1) is 59.6. The monoisotopic (exact) mass is 1190 g/mol. The van der Waals surface area contributed by atoms with E-state index in [9.17, 15) is 44.4 Å². The Morgan fingerprint density at radius 2 is 1.44 bits per heavy atom. The van der Waals surface area contributed by atoms with Gasteiger partial charge in [0.15, 0.2) is 5.82 Å². The number of benzene rings is 5. The Morgan fingerprint density at radius 3 is 2.12 bits per heavy atom. The lowest BCUT2D eigenvalue weighted by Crippen LogP contribution is -2.50. The molecule has 1 atom stereocenters. The molecule has 0 bridgehead atoms. The van der Waals surface area contributed by atoms with Crippen molar-refractivity contribution < 1.29 is 48.8 Å². The third kappa shape index (κ3) is 14.8. The van der Waals surface area contributed by atoms with Crippen molar-refractivity contribution in [2.24, 2.45) is 5.41 Å². The number of imide groups is 1. The van der Waals surface area contributed by atoms with Gasteiger partial charge in [0.1, 0.15) is 4.90 Å². The fraction of sp³-hybridized carbons (Fsp3) is 0.397. The van der Waals surface area contributed by atoms with Crippen LogP contribution in [0.25, 0.3) is 5.57 Å². The second-order valence-electron chi connectivity index (χ2n) is 21.7. The summed E-state index contributed by atoms with van der Waals surface area (Å²) in [5, 5.41) is 5.92. The van der Waals surface area contributed by atoms with Gasteiger partial charge in [0.2, 0.25) is 5.91 Å². The van der Waals surface area contributed by atoms with E-state index in [1.807, 2.05) is 47.2 Å². The molecule has 23 heteroatoms. The number of sulfone groups is 1. The number of carbonyl (C=O) groups is 3. The summed E-state index contributed by atoms with van der Waals surface area (Å²) in [6, 6.07) is 29.4. The van der Waals surface area contributed by atoms with E-state index in [-0.39, 0.29) is 41.9 Å². The first-order chi connectivity index (χ1) is 38.5. The standard InChI is InChI=1S/C58H65ClF4N8O7S3/c1-57(2)24-21-49(40-11-15-44(59)16-12-40)43(36-57)38-69-31-33-70(34-32-69)46-17-13-41(14-18-46)55(73)66-81(77,78)48-19-20-50(52(35-48)80(75,76)58(61,62)63)64-45(39-79-47-8-4-3-5-9-47)22-25-67-27-29-68(30-28-67)37-42-7-6-10-51(54(42)60)71-26-23-53(72)65-56(71)74/h3-20,35,45,64H,21-34,36-39H2,1-2H3,(H,66,73)(H,65,72,74)/t45-/m1/s1. The highest BCUT2D eigenvalue weighted by Gasteiger charge is 2.48. The molecule has 0 saturated carbocycles. The van der Waals surface area contributed by atoms with E-state index in [0.717, 1.165) is 61.6 Å². The molecule has 9 rings (SSSR count). The van der Waals surface area contributed by atoms with Gasteiger partial charge in [-0.3, -0.25) is 29.6 Å². The van der Waals surface area contributed by atoms with Gasteiger partial charge >= 0.3 is 11.5 Å². The van der Waals surface area contributed by atoms with Crippen molar-refractivity contribution in [2.45, 2.75) is 78.7 Å². The van der Waals surface area contributed by atoms with Gasteiger partial charge in [-0.1, -0.05) is 73.5 Å². The van der Waals surface area contributed by atoms with E-state index in [2.05, 4.69) is 56.2 Å². The number of nitrogens with zero attached hydrogens (tertiary/aromatic N) is 5. The van der Waals surface area contributed by atoms with Crippen LogP contribution in [0.3, 0.4) is 0 Å². The van der Waals surface area contributed by atoms with E-state index < -0.39 is 70.6 Å². The molecule has 4 amide bonds. The summed E-state index contributed by atoms with van der Waals surface area (Å²) < 4.78 is 115. The molecule has 1 aliphatic carbocycles. The molecule has 3 saturated heterocycles. The van der Waals surface area contributed by atoms with Crippen LogP contribution < -0.4 is 25.2 Å². The third-order valence-electron chi connectivity index (χ3n) is 15.3. The number of hydrogen-bond donors (Lipinski definition) is 3. The number of sulfonamides is 1. The summed E-state index contributed by atoms with van der Waals surface area (Å²) in [4.78, 5) is 46.3. The number of carbonyl (C=O) groups excluding carboxylic acids is 3. The smallest absolute Gasteiger partial charge is 0.380 e. The Hall–Kier alpha value is -6.01. The predicted molar refractivity (Wildman–Crippen MR) is 308 cm³/mol. The molecule has 3 N–H and O–H groups in total. The topological polar surface area (TPSA) is 172 Å². The Labute approximate surface area is 480 Å². The number of amides is 4. The van der Waals surface area contributed by atoms with Crippen LogP contribution >= 0.6 is 23.4 Å². The van der Waals surface area contributed by atoms with Crippen LogP contribution in [-0.4, -0.2) is 139 Å². The number of hydrogen-bond acceptors (Lipinski definition) is 13. The van der Waals surface area contributed by atoms with Crippen molar-refractivity contribution in [3.05, 3.63) is 148 Å². The fourth-order valence-corrected chi connectivity index (χ4v) is 13.9. The lowest BCUT2D eigenvalue weighted by Gasteiger charge is -2.39. The van der Waals surface area contributed by atoms with E-state index in [0.29, 0.717) is 68.9 Å². The van der Waals surface area contributed by atoms with Crippen LogP contribution in [-0.2, 0) is 31.2 Å². The van der Waals surface area contributed by atoms with E-state index in [4.69, 9.17) is 11.6 Å². The Bertz CT molecular complexity index is 3360. The van der Waals surface area contributed by atoms with Crippen LogP contribution in [0.4, 0.5) is 39.4 Å². The van der Waals surface area contributed by atoms with Crippen LogP contribution in [0.15, 0.2) is 136 Å². The van der Waals surface area contributed by atoms with Crippen molar-refractivity contribution >= 4 is 83.7 Å². The number of halogens is 5. The molecule has 5 aromatic rings. The molecule has 15 nitrogen and oxygen atoms in total. The summed E-state index contributed by atoms with van der Waals surface area (Å²) in [6.07, 6.45) is 3.48. The van der Waals surface area contributed by atoms with Crippen molar-refractivity contribution in [2.75, 3.05) is 92.9 Å². The second kappa shape index (κ2) is 25.2. The Kier molecular flexibility index (Phi) is 18.6. The zero-order valence-corrected chi connectivity index (χ0v) is 48.2. The SMILES string of the molecule is CC1(C)CCC(c2ccc(Cl)cc2)=C(CN2CCN(c3ccc(C(=O)NS(=O)(=O)c4ccc(N[C@H](CCN5CCN(Cc6cccc(N7CCC(=O)NC7=O)c6F)CC5)CSc5ccccc5)c(S(=O)(=O)C(F)(F)F)c4)cc3)CC2)C1.